The van der Waals surface area contributed by atoms with Crippen LogP contribution in [0.2, 0.25) is 0 Å². The van der Waals surface area contributed by atoms with E-state index in [1.165, 1.54) is 18.4 Å². The van der Waals surface area contributed by atoms with Crippen molar-refractivity contribution in [3.05, 3.63) is 18.0 Å². The van der Waals surface area contributed by atoms with Gasteiger partial charge in [0.05, 0.1) is 6.20 Å². The Balaban J connectivity index is 2.16. The van der Waals surface area contributed by atoms with Crippen molar-refractivity contribution in [2.24, 2.45) is 12.8 Å². The summed E-state index contributed by atoms with van der Waals surface area (Å²) in [5.41, 5.74) is 7.12. The Bertz CT molecular complexity index is 254. The second kappa shape index (κ2) is 2.34. The van der Waals surface area contributed by atoms with E-state index in [4.69, 9.17) is 5.73 Å². The van der Waals surface area contributed by atoms with Crippen LogP contribution in [0.15, 0.2) is 12.4 Å². The molecule has 1 aromatic heterocycles. The summed E-state index contributed by atoms with van der Waals surface area (Å²) in [5.74, 6) is 0.573. The minimum atomic E-state index is 0.374. The van der Waals surface area contributed by atoms with E-state index in [9.17, 15) is 0 Å². The van der Waals surface area contributed by atoms with Crippen LogP contribution in [0.5, 0.6) is 0 Å². The number of nitrogens with two attached hydrogens (primary N) is 1. The van der Waals surface area contributed by atoms with Gasteiger partial charge in [0, 0.05) is 25.2 Å². The molecule has 1 fully saturated rings. The van der Waals surface area contributed by atoms with E-state index in [-0.39, 0.29) is 0 Å². The third-order valence-electron chi connectivity index (χ3n) is 2.48. The van der Waals surface area contributed by atoms with Gasteiger partial charge in [-0.2, -0.15) is 5.10 Å². The monoisotopic (exact) mass is 151 g/mol. The van der Waals surface area contributed by atoms with Crippen LogP contribution in [0.4, 0.5) is 0 Å². The van der Waals surface area contributed by atoms with E-state index in [2.05, 4.69) is 11.3 Å². The molecule has 1 heterocycles. The van der Waals surface area contributed by atoms with Crippen LogP contribution in [0.25, 0.3) is 0 Å². The molecule has 1 aromatic rings. The predicted molar refractivity (Wildman–Crippen MR) is 43.2 cm³/mol. The third kappa shape index (κ3) is 1.05. The highest BCUT2D eigenvalue weighted by molar-refractivity contribution is 5.17. The van der Waals surface area contributed by atoms with Gasteiger partial charge in [0.15, 0.2) is 0 Å². The van der Waals surface area contributed by atoms with Gasteiger partial charge in [-0.15, -0.1) is 0 Å². The van der Waals surface area contributed by atoms with Gasteiger partial charge in [0.1, 0.15) is 0 Å². The first kappa shape index (κ1) is 6.85. The van der Waals surface area contributed by atoms with Crippen molar-refractivity contribution in [2.45, 2.75) is 24.8 Å². The van der Waals surface area contributed by atoms with Gasteiger partial charge in [-0.3, -0.25) is 4.68 Å². The zero-order valence-electron chi connectivity index (χ0n) is 6.70. The molecule has 2 N–H and O–H groups in total. The van der Waals surface area contributed by atoms with Crippen LogP contribution >= 0.6 is 0 Å². The molecule has 0 aliphatic heterocycles. The fraction of sp³-hybridized carbons (Fsp3) is 0.625. The first-order valence-corrected chi connectivity index (χ1v) is 4.01. The molecule has 0 saturated heterocycles. The van der Waals surface area contributed by atoms with Gasteiger partial charge in [-0.1, -0.05) is 0 Å². The van der Waals surface area contributed by atoms with Crippen molar-refractivity contribution in [3.63, 3.8) is 0 Å². The highest BCUT2D eigenvalue weighted by atomic mass is 15.2. The number of nitrogens with zero attached hydrogens (tertiary/aromatic N) is 2. The van der Waals surface area contributed by atoms with Crippen LogP contribution in [-0.2, 0) is 7.05 Å². The highest BCUT2D eigenvalue weighted by Gasteiger charge is 2.29. The maximum atomic E-state index is 5.83. The van der Waals surface area contributed by atoms with Gasteiger partial charge in [-0.25, -0.2) is 0 Å². The molecule has 0 bridgehead atoms. The lowest BCUT2D eigenvalue weighted by Gasteiger charge is -2.32. The van der Waals surface area contributed by atoms with Crippen molar-refractivity contribution < 1.29 is 0 Å². The topological polar surface area (TPSA) is 43.8 Å². The van der Waals surface area contributed by atoms with E-state index in [0.717, 1.165) is 0 Å². The van der Waals surface area contributed by atoms with Crippen LogP contribution < -0.4 is 5.73 Å². The molecule has 0 radical (unpaired) electrons. The van der Waals surface area contributed by atoms with Gasteiger partial charge >= 0.3 is 0 Å². The van der Waals surface area contributed by atoms with E-state index in [0.29, 0.717) is 12.0 Å². The van der Waals surface area contributed by atoms with Crippen LogP contribution in [0.3, 0.4) is 0 Å². The zero-order chi connectivity index (χ0) is 7.84. The second-order valence-corrected chi connectivity index (χ2v) is 3.30. The minimum Gasteiger partial charge on any atom is -0.327 e. The molecule has 3 heteroatoms. The summed E-state index contributed by atoms with van der Waals surface area (Å²) >= 11 is 0. The summed E-state index contributed by atoms with van der Waals surface area (Å²) < 4.78 is 1.83. The second-order valence-electron chi connectivity index (χ2n) is 3.30. The summed E-state index contributed by atoms with van der Waals surface area (Å²) in [4.78, 5) is 0. The standard InChI is InChI=1S/C8H13N3/c1-11-5-6(4-10-11)7-2-3-8(7)9/h4-5,7-8H,2-3,9H2,1H3. The molecule has 11 heavy (non-hydrogen) atoms. The van der Waals surface area contributed by atoms with Crippen molar-refractivity contribution >= 4 is 0 Å². The van der Waals surface area contributed by atoms with Gasteiger partial charge in [-0.05, 0) is 18.4 Å². The van der Waals surface area contributed by atoms with Gasteiger partial charge in [0.2, 0.25) is 0 Å². The minimum absolute atomic E-state index is 0.374. The van der Waals surface area contributed by atoms with E-state index in [1.807, 2.05) is 17.9 Å². The normalized spacial score (nSPS) is 30.0. The van der Waals surface area contributed by atoms with E-state index in [1.54, 1.807) is 0 Å². The highest BCUT2D eigenvalue weighted by Crippen LogP contribution is 2.34. The average Bonchev–Trinajstić information content (AvgIpc) is 2.33. The summed E-state index contributed by atoms with van der Waals surface area (Å²) in [6.45, 7) is 0. The Morgan fingerprint density at radius 2 is 2.45 bits per heavy atom. The Kier molecular flexibility index (Phi) is 1.46. The Morgan fingerprint density at radius 3 is 2.82 bits per heavy atom. The molecule has 60 valence electrons. The Morgan fingerprint density at radius 1 is 1.64 bits per heavy atom. The predicted octanol–water partition coefficient (Wildman–Crippen LogP) is 0.625. The molecule has 0 spiro atoms. The van der Waals surface area contributed by atoms with Crippen molar-refractivity contribution in [2.75, 3.05) is 0 Å². The lowest BCUT2D eigenvalue weighted by molar-refractivity contribution is 0.346. The van der Waals surface area contributed by atoms with Crippen molar-refractivity contribution in [1.29, 1.82) is 0 Å². The van der Waals surface area contributed by atoms with Crippen LogP contribution in [-0.4, -0.2) is 15.8 Å². The molecule has 1 saturated carbocycles. The molecule has 2 unspecified atom stereocenters. The molecule has 2 rings (SSSR count). The Labute approximate surface area is 66.2 Å². The van der Waals surface area contributed by atoms with Crippen LogP contribution in [0, 0.1) is 0 Å². The summed E-state index contributed by atoms with van der Waals surface area (Å²) in [7, 11) is 1.94. The lowest BCUT2D eigenvalue weighted by atomic mass is 9.77. The average molecular weight is 151 g/mol. The number of hydrogen-bond donors (Lipinski definition) is 1. The lowest BCUT2D eigenvalue weighted by Crippen LogP contribution is -2.37. The van der Waals surface area contributed by atoms with Crippen LogP contribution in [0.1, 0.15) is 24.3 Å². The fourth-order valence-electron chi connectivity index (χ4n) is 1.57. The molecule has 1 aliphatic carbocycles. The number of hydrogen-bond acceptors (Lipinski definition) is 2. The largest absolute Gasteiger partial charge is 0.327 e. The maximum Gasteiger partial charge on any atom is 0.0525 e. The first-order chi connectivity index (χ1) is 5.27. The maximum absolute atomic E-state index is 5.83. The van der Waals surface area contributed by atoms with Gasteiger partial charge < -0.3 is 5.73 Å². The van der Waals surface area contributed by atoms with Crippen molar-refractivity contribution in [3.8, 4) is 0 Å². The fourth-order valence-corrected chi connectivity index (χ4v) is 1.57. The molecule has 3 nitrogen and oxygen atoms in total. The smallest absolute Gasteiger partial charge is 0.0525 e. The summed E-state index contributed by atoms with van der Waals surface area (Å²) in [6.07, 6.45) is 6.37. The number of aryl methyl sites for hydroxylation is 1. The molecule has 1 aliphatic rings. The Hall–Kier alpha value is -0.830. The molecular formula is C8H13N3. The molecule has 0 aromatic carbocycles. The number of rotatable bonds is 1. The van der Waals surface area contributed by atoms with Crippen molar-refractivity contribution in [1.82, 2.24) is 9.78 Å². The van der Waals surface area contributed by atoms with Gasteiger partial charge in [0.25, 0.3) is 0 Å². The number of aromatic nitrogens is 2. The molecular weight excluding hydrogens is 138 g/mol. The third-order valence-corrected chi connectivity index (χ3v) is 2.48. The van der Waals surface area contributed by atoms with E-state index >= 15 is 0 Å². The molecule has 2 atom stereocenters. The quantitative estimate of drug-likeness (QED) is 0.639. The molecule has 0 amide bonds. The zero-order valence-corrected chi connectivity index (χ0v) is 6.70. The SMILES string of the molecule is Cn1cc(C2CCC2N)cn1. The summed E-state index contributed by atoms with van der Waals surface area (Å²) in [5, 5.41) is 4.12. The summed E-state index contributed by atoms with van der Waals surface area (Å²) in [6, 6.07) is 0.374. The van der Waals surface area contributed by atoms with E-state index < -0.39 is 0 Å². The first-order valence-electron chi connectivity index (χ1n) is 4.01.